The van der Waals surface area contributed by atoms with Gasteiger partial charge < -0.3 is 10.7 Å². The molecule has 0 spiro atoms. The molecule has 1 aromatic heterocycles. The summed E-state index contributed by atoms with van der Waals surface area (Å²) in [6.07, 6.45) is 3.32. The van der Waals surface area contributed by atoms with Crippen LogP contribution in [0.3, 0.4) is 0 Å². The average molecular weight is 256 g/mol. The van der Waals surface area contributed by atoms with Crippen LogP contribution >= 0.6 is 0 Å². The van der Waals surface area contributed by atoms with Crippen LogP contribution in [0.5, 0.6) is 0 Å². The Hall–Kier alpha value is -2.14. The highest BCUT2D eigenvalue weighted by atomic mass is 16.1. The summed E-state index contributed by atoms with van der Waals surface area (Å²) in [4.78, 5) is 16.7. The van der Waals surface area contributed by atoms with E-state index >= 15 is 0 Å². The van der Waals surface area contributed by atoms with Gasteiger partial charge in [0.1, 0.15) is 5.82 Å². The number of benzene rings is 1. The molecule has 0 radical (unpaired) electrons. The molecule has 5 heteroatoms. The molecule has 98 valence electrons. The van der Waals surface area contributed by atoms with Crippen LogP contribution < -0.4 is 16.6 Å². The van der Waals surface area contributed by atoms with E-state index in [0.29, 0.717) is 17.4 Å². The second-order valence-electron chi connectivity index (χ2n) is 4.82. The molecule has 0 saturated heterocycles. The van der Waals surface area contributed by atoms with Crippen molar-refractivity contribution >= 4 is 22.6 Å². The van der Waals surface area contributed by atoms with E-state index in [1.54, 1.807) is 6.07 Å². The van der Waals surface area contributed by atoms with Gasteiger partial charge in [0.2, 0.25) is 0 Å². The predicted octanol–water partition coefficient (Wildman–Crippen LogP) is 1.80. The molecule has 1 fully saturated rings. The standard InChI is InChI=1S/C14H16N4O/c15-18-13-8-11(14(19)16-9-4-3-5-9)10-6-1-2-7-12(10)17-13/h1-2,6-9H,3-5,15H2,(H,16,19)(H,17,18). The smallest absolute Gasteiger partial charge is 0.252 e. The molecule has 1 aliphatic rings. The lowest BCUT2D eigenvalue weighted by Gasteiger charge is -2.26. The first-order valence-corrected chi connectivity index (χ1v) is 6.45. The van der Waals surface area contributed by atoms with Crippen molar-refractivity contribution in [2.24, 2.45) is 5.84 Å². The Kier molecular flexibility index (Phi) is 3.05. The summed E-state index contributed by atoms with van der Waals surface area (Å²) in [5.41, 5.74) is 3.88. The van der Waals surface area contributed by atoms with Crippen LogP contribution in [0, 0.1) is 0 Å². The molecular weight excluding hydrogens is 240 g/mol. The third-order valence-electron chi connectivity index (χ3n) is 3.55. The molecule has 1 saturated carbocycles. The number of carbonyl (C=O) groups excluding carboxylic acids is 1. The minimum atomic E-state index is -0.0557. The number of hydrogen-bond donors (Lipinski definition) is 3. The number of pyridine rings is 1. The van der Waals surface area contributed by atoms with Gasteiger partial charge in [-0.15, -0.1) is 0 Å². The summed E-state index contributed by atoms with van der Waals surface area (Å²) in [5, 5.41) is 3.89. The first kappa shape index (κ1) is 11.9. The quantitative estimate of drug-likeness (QED) is 0.578. The van der Waals surface area contributed by atoms with E-state index in [2.05, 4.69) is 15.7 Å². The van der Waals surface area contributed by atoms with Crippen LogP contribution in [-0.2, 0) is 0 Å². The zero-order chi connectivity index (χ0) is 13.2. The molecule has 3 rings (SSSR count). The maximum absolute atomic E-state index is 12.3. The molecule has 0 atom stereocenters. The van der Waals surface area contributed by atoms with Crippen molar-refractivity contribution in [3.63, 3.8) is 0 Å². The maximum atomic E-state index is 12.3. The number of para-hydroxylation sites is 1. The zero-order valence-electron chi connectivity index (χ0n) is 10.5. The lowest BCUT2D eigenvalue weighted by atomic mass is 9.93. The monoisotopic (exact) mass is 256 g/mol. The highest BCUT2D eigenvalue weighted by molar-refractivity contribution is 6.07. The van der Waals surface area contributed by atoms with Gasteiger partial charge in [-0.1, -0.05) is 18.2 Å². The first-order chi connectivity index (χ1) is 9.28. The third-order valence-corrected chi connectivity index (χ3v) is 3.55. The SMILES string of the molecule is NNc1cc(C(=O)NC2CCC2)c2ccccc2n1. The molecule has 0 bridgehead atoms. The maximum Gasteiger partial charge on any atom is 0.252 e. The minimum Gasteiger partial charge on any atom is -0.349 e. The number of hydrogen-bond acceptors (Lipinski definition) is 4. The van der Waals surface area contributed by atoms with Gasteiger partial charge in [0.05, 0.1) is 11.1 Å². The lowest BCUT2D eigenvalue weighted by Crippen LogP contribution is -2.39. The highest BCUT2D eigenvalue weighted by Crippen LogP contribution is 2.23. The Bertz CT molecular complexity index is 622. The molecule has 1 amide bonds. The number of fused-ring (bicyclic) bond motifs is 1. The van der Waals surface area contributed by atoms with Gasteiger partial charge in [-0.05, 0) is 31.4 Å². The first-order valence-electron chi connectivity index (χ1n) is 6.45. The van der Waals surface area contributed by atoms with E-state index in [-0.39, 0.29) is 5.91 Å². The number of nitrogen functional groups attached to an aromatic ring is 1. The van der Waals surface area contributed by atoms with Crippen molar-refractivity contribution in [3.8, 4) is 0 Å². The fraction of sp³-hybridized carbons (Fsp3) is 0.286. The van der Waals surface area contributed by atoms with Gasteiger partial charge in [0.15, 0.2) is 0 Å². The predicted molar refractivity (Wildman–Crippen MR) is 74.7 cm³/mol. The van der Waals surface area contributed by atoms with E-state index in [1.165, 1.54) is 6.42 Å². The van der Waals surface area contributed by atoms with Gasteiger partial charge in [-0.25, -0.2) is 10.8 Å². The van der Waals surface area contributed by atoms with E-state index in [0.717, 1.165) is 23.7 Å². The normalized spacial score (nSPS) is 15.0. The van der Waals surface area contributed by atoms with Gasteiger partial charge in [-0.3, -0.25) is 4.79 Å². The number of amides is 1. The van der Waals surface area contributed by atoms with Crippen LogP contribution in [-0.4, -0.2) is 16.9 Å². The Morgan fingerprint density at radius 3 is 2.79 bits per heavy atom. The van der Waals surface area contributed by atoms with Crippen molar-refractivity contribution in [1.29, 1.82) is 0 Å². The second-order valence-corrected chi connectivity index (χ2v) is 4.82. The molecule has 5 nitrogen and oxygen atoms in total. The molecule has 19 heavy (non-hydrogen) atoms. The van der Waals surface area contributed by atoms with Crippen LogP contribution in [0.1, 0.15) is 29.6 Å². The van der Waals surface area contributed by atoms with Crippen molar-refractivity contribution < 1.29 is 4.79 Å². The van der Waals surface area contributed by atoms with E-state index in [9.17, 15) is 4.79 Å². The fourth-order valence-corrected chi connectivity index (χ4v) is 2.25. The van der Waals surface area contributed by atoms with Crippen LogP contribution in [0.4, 0.5) is 5.82 Å². The van der Waals surface area contributed by atoms with E-state index in [4.69, 9.17) is 5.84 Å². The minimum absolute atomic E-state index is 0.0557. The van der Waals surface area contributed by atoms with Crippen molar-refractivity contribution in [1.82, 2.24) is 10.3 Å². The number of nitrogens with zero attached hydrogens (tertiary/aromatic N) is 1. The lowest BCUT2D eigenvalue weighted by molar-refractivity contribution is 0.0918. The van der Waals surface area contributed by atoms with Crippen molar-refractivity contribution in [2.45, 2.75) is 25.3 Å². The number of anilines is 1. The molecule has 4 N–H and O–H groups in total. The molecule has 1 aromatic carbocycles. The molecule has 2 aromatic rings. The average Bonchev–Trinajstić information content (AvgIpc) is 2.41. The van der Waals surface area contributed by atoms with Gasteiger partial charge >= 0.3 is 0 Å². The van der Waals surface area contributed by atoms with Crippen molar-refractivity contribution in [3.05, 3.63) is 35.9 Å². The van der Waals surface area contributed by atoms with Crippen LogP contribution in [0.25, 0.3) is 10.9 Å². The number of hydrazine groups is 1. The number of nitrogens with one attached hydrogen (secondary N) is 2. The largest absolute Gasteiger partial charge is 0.349 e. The summed E-state index contributed by atoms with van der Waals surface area (Å²) < 4.78 is 0. The van der Waals surface area contributed by atoms with E-state index in [1.807, 2.05) is 24.3 Å². The van der Waals surface area contributed by atoms with Gasteiger partial charge in [0.25, 0.3) is 5.91 Å². The Balaban J connectivity index is 2.02. The number of rotatable bonds is 3. The molecule has 1 aliphatic carbocycles. The second kappa shape index (κ2) is 4.85. The molecule has 0 unspecified atom stereocenters. The van der Waals surface area contributed by atoms with Gasteiger partial charge in [-0.2, -0.15) is 0 Å². The number of aromatic nitrogens is 1. The molecular formula is C14H16N4O. The Labute approximate surface area is 111 Å². The van der Waals surface area contributed by atoms with Crippen LogP contribution in [0.15, 0.2) is 30.3 Å². The van der Waals surface area contributed by atoms with Crippen LogP contribution in [0.2, 0.25) is 0 Å². The topological polar surface area (TPSA) is 80.0 Å². The summed E-state index contributed by atoms with van der Waals surface area (Å²) in [5.74, 6) is 5.85. The third kappa shape index (κ3) is 2.24. The molecule has 0 aliphatic heterocycles. The Morgan fingerprint density at radius 1 is 1.32 bits per heavy atom. The van der Waals surface area contributed by atoms with Crippen molar-refractivity contribution in [2.75, 3.05) is 5.43 Å². The number of nitrogens with two attached hydrogens (primary N) is 1. The summed E-state index contributed by atoms with van der Waals surface area (Å²) in [7, 11) is 0. The zero-order valence-corrected chi connectivity index (χ0v) is 10.5. The fourth-order valence-electron chi connectivity index (χ4n) is 2.25. The highest BCUT2D eigenvalue weighted by Gasteiger charge is 2.21. The van der Waals surface area contributed by atoms with Gasteiger partial charge in [0, 0.05) is 11.4 Å². The van der Waals surface area contributed by atoms with E-state index < -0.39 is 0 Å². The summed E-state index contributed by atoms with van der Waals surface area (Å²) in [6, 6.07) is 9.57. The summed E-state index contributed by atoms with van der Waals surface area (Å²) in [6.45, 7) is 0. The Morgan fingerprint density at radius 2 is 2.11 bits per heavy atom. The molecule has 1 heterocycles. The summed E-state index contributed by atoms with van der Waals surface area (Å²) >= 11 is 0. The number of carbonyl (C=O) groups is 1.